The predicted molar refractivity (Wildman–Crippen MR) is 66.7 cm³/mol. The Balaban J connectivity index is 2.34. The fourth-order valence-corrected chi connectivity index (χ4v) is 2.38. The molecule has 0 aliphatic heterocycles. The Hall–Kier alpha value is -1.42. The van der Waals surface area contributed by atoms with Crippen LogP contribution in [0, 0.1) is 16.0 Å². The van der Waals surface area contributed by atoms with Gasteiger partial charge in [0, 0.05) is 18.2 Å². The molecule has 4 heteroatoms. The Morgan fingerprint density at radius 3 is 2.71 bits per heavy atom. The third-order valence-electron chi connectivity index (χ3n) is 3.74. The number of aryl methyl sites for hydroxylation is 1. The van der Waals surface area contributed by atoms with Crippen LogP contribution in [-0.4, -0.2) is 4.92 Å². The van der Waals surface area contributed by atoms with Crippen LogP contribution < -0.4 is 5.73 Å². The zero-order valence-electron chi connectivity index (χ0n) is 10.1. The van der Waals surface area contributed by atoms with Gasteiger partial charge in [0.15, 0.2) is 0 Å². The summed E-state index contributed by atoms with van der Waals surface area (Å²) in [4.78, 5) is 10.4. The van der Waals surface area contributed by atoms with E-state index in [2.05, 4.69) is 6.92 Å². The number of hydrogen-bond acceptors (Lipinski definition) is 3. The van der Waals surface area contributed by atoms with E-state index in [4.69, 9.17) is 5.73 Å². The average Bonchev–Trinajstić information content (AvgIpc) is 2.25. The smallest absolute Gasteiger partial charge is 0.269 e. The van der Waals surface area contributed by atoms with E-state index in [-0.39, 0.29) is 16.7 Å². The maximum atomic E-state index is 10.8. The number of nitro benzene ring substituents is 1. The summed E-state index contributed by atoms with van der Waals surface area (Å²) in [5, 5.41) is 10.8. The molecule has 1 unspecified atom stereocenters. The van der Waals surface area contributed by atoms with Crippen molar-refractivity contribution in [1.82, 2.24) is 0 Å². The normalized spacial score (nSPS) is 17.5. The van der Waals surface area contributed by atoms with Gasteiger partial charge in [-0.25, -0.2) is 0 Å². The van der Waals surface area contributed by atoms with E-state index in [9.17, 15) is 10.1 Å². The molecule has 1 aliphatic rings. The van der Waals surface area contributed by atoms with Gasteiger partial charge in [-0.1, -0.05) is 19.4 Å². The molecular formula is C13H18N2O2. The summed E-state index contributed by atoms with van der Waals surface area (Å²) in [6, 6.07) is 5.02. The standard InChI is InChI=1S/C13H18N2O2/c1-2-9-6-7-11(15(16)17)8-12(9)13(14)10-4-3-5-10/h6-8,10,13H,2-5,14H2,1H3. The van der Waals surface area contributed by atoms with Crippen molar-refractivity contribution in [3.05, 3.63) is 39.4 Å². The van der Waals surface area contributed by atoms with Crippen LogP contribution in [0.4, 0.5) is 5.69 Å². The molecular weight excluding hydrogens is 216 g/mol. The summed E-state index contributed by atoms with van der Waals surface area (Å²) in [5.41, 5.74) is 8.47. The van der Waals surface area contributed by atoms with Crippen molar-refractivity contribution in [2.24, 2.45) is 11.7 Å². The molecule has 1 aromatic carbocycles. The minimum Gasteiger partial charge on any atom is -0.324 e. The highest BCUT2D eigenvalue weighted by molar-refractivity contribution is 5.42. The first kappa shape index (κ1) is 12.0. The first-order valence-corrected chi connectivity index (χ1v) is 6.16. The highest BCUT2D eigenvalue weighted by Gasteiger charge is 2.27. The molecule has 1 aliphatic carbocycles. The number of non-ortho nitro benzene ring substituents is 1. The third-order valence-corrected chi connectivity index (χ3v) is 3.74. The van der Waals surface area contributed by atoms with Crippen molar-refractivity contribution in [3.8, 4) is 0 Å². The lowest BCUT2D eigenvalue weighted by Crippen LogP contribution is -2.27. The molecule has 17 heavy (non-hydrogen) atoms. The van der Waals surface area contributed by atoms with Crippen molar-refractivity contribution in [3.63, 3.8) is 0 Å². The van der Waals surface area contributed by atoms with Gasteiger partial charge < -0.3 is 5.73 Å². The molecule has 1 fully saturated rings. The molecule has 1 atom stereocenters. The molecule has 0 saturated heterocycles. The van der Waals surface area contributed by atoms with Crippen molar-refractivity contribution >= 4 is 5.69 Å². The van der Waals surface area contributed by atoms with Gasteiger partial charge in [-0.2, -0.15) is 0 Å². The number of rotatable bonds is 4. The fraction of sp³-hybridized carbons (Fsp3) is 0.538. The van der Waals surface area contributed by atoms with Gasteiger partial charge in [0.05, 0.1) is 4.92 Å². The predicted octanol–water partition coefficient (Wildman–Crippen LogP) is 2.96. The van der Waals surface area contributed by atoms with Crippen LogP contribution in [0.25, 0.3) is 0 Å². The molecule has 0 spiro atoms. The lowest BCUT2D eigenvalue weighted by atomic mass is 9.76. The molecule has 0 bridgehead atoms. The van der Waals surface area contributed by atoms with Crippen LogP contribution in [0.15, 0.2) is 18.2 Å². The highest BCUT2D eigenvalue weighted by Crippen LogP contribution is 2.38. The molecule has 1 aromatic rings. The van der Waals surface area contributed by atoms with E-state index in [1.54, 1.807) is 12.1 Å². The van der Waals surface area contributed by atoms with Crippen molar-refractivity contribution in [2.45, 2.75) is 38.6 Å². The molecule has 1 saturated carbocycles. The van der Waals surface area contributed by atoms with Crippen LogP contribution in [0.2, 0.25) is 0 Å². The summed E-state index contributed by atoms with van der Waals surface area (Å²) < 4.78 is 0. The van der Waals surface area contributed by atoms with Gasteiger partial charge in [0.1, 0.15) is 0 Å². The molecule has 2 rings (SSSR count). The van der Waals surface area contributed by atoms with Crippen molar-refractivity contribution in [2.75, 3.05) is 0 Å². The summed E-state index contributed by atoms with van der Waals surface area (Å²) in [6.45, 7) is 2.05. The van der Waals surface area contributed by atoms with Gasteiger partial charge in [0.25, 0.3) is 5.69 Å². The van der Waals surface area contributed by atoms with Crippen LogP contribution in [-0.2, 0) is 6.42 Å². The molecule has 0 heterocycles. The van der Waals surface area contributed by atoms with Crippen molar-refractivity contribution in [1.29, 1.82) is 0 Å². The first-order valence-electron chi connectivity index (χ1n) is 6.16. The number of nitro groups is 1. The molecule has 0 radical (unpaired) electrons. The SMILES string of the molecule is CCc1ccc([N+](=O)[O-])cc1C(N)C1CCC1. The van der Waals surface area contributed by atoms with E-state index in [1.165, 1.54) is 6.42 Å². The lowest BCUT2D eigenvalue weighted by Gasteiger charge is -2.32. The summed E-state index contributed by atoms with van der Waals surface area (Å²) in [7, 11) is 0. The van der Waals surface area contributed by atoms with Gasteiger partial charge >= 0.3 is 0 Å². The van der Waals surface area contributed by atoms with Gasteiger partial charge in [-0.3, -0.25) is 10.1 Å². The second kappa shape index (κ2) is 4.84. The van der Waals surface area contributed by atoms with Crippen LogP contribution in [0.3, 0.4) is 0 Å². The minimum absolute atomic E-state index is 0.0430. The Labute approximate surface area is 101 Å². The number of benzene rings is 1. The largest absolute Gasteiger partial charge is 0.324 e. The van der Waals surface area contributed by atoms with Gasteiger partial charge in [-0.05, 0) is 36.3 Å². The first-order chi connectivity index (χ1) is 8.13. The van der Waals surface area contributed by atoms with Crippen LogP contribution in [0.1, 0.15) is 43.4 Å². The van der Waals surface area contributed by atoms with Gasteiger partial charge in [0.2, 0.25) is 0 Å². The van der Waals surface area contributed by atoms with E-state index in [0.29, 0.717) is 5.92 Å². The maximum Gasteiger partial charge on any atom is 0.269 e. The quantitative estimate of drug-likeness (QED) is 0.643. The van der Waals surface area contributed by atoms with Crippen LogP contribution in [0.5, 0.6) is 0 Å². The maximum absolute atomic E-state index is 10.8. The minimum atomic E-state index is -0.351. The molecule has 0 amide bonds. The van der Waals surface area contributed by atoms with Crippen molar-refractivity contribution < 1.29 is 4.92 Å². The Morgan fingerprint density at radius 1 is 1.53 bits per heavy atom. The second-order valence-electron chi connectivity index (χ2n) is 4.71. The summed E-state index contributed by atoms with van der Waals surface area (Å²) in [5.74, 6) is 0.502. The fourth-order valence-electron chi connectivity index (χ4n) is 2.38. The number of hydrogen-bond donors (Lipinski definition) is 1. The monoisotopic (exact) mass is 234 g/mol. The zero-order chi connectivity index (χ0) is 12.4. The molecule has 92 valence electrons. The average molecular weight is 234 g/mol. The van der Waals surface area contributed by atoms with Gasteiger partial charge in [-0.15, -0.1) is 0 Å². The van der Waals surface area contributed by atoms with E-state index in [1.807, 2.05) is 6.07 Å². The topological polar surface area (TPSA) is 69.2 Å². The van der Waals surface area contributed by atoms with E-state index >= 15 is 0 Å². The number of nitrogens with zero attached hydrogens (tertiary/aromatic N) is 1. The number of nitrogens with two attached hydrogens (primary N) is 1. The zero-order valence-corrected chi connectivity index (χ0v) is 10.1. The molecule has 4 nitrogen and oxygen atoms in total. The Kier molecular flexibility index (Phi) is 3.43. The van der Waals surface area contributed by atoms with E-state index in [0.717, 1.165) is 30.4 Å². The molecule has 2 N–H and O–H groups in total. The van der Waals surface area contributed by atoms with Crippen LogP contribution >= 0.6 is 0 Å². The lowest BCUT2D eigenvalue weighted by molar-refractivity contribution is -0.385. The summed E-state index contributed by atoms with van der Waals surface area (Å²) >= 11 is 0. The highest BCUT2D eigenvalue weighted by atomic mass is 16.6. The van der Waals surface area contributed by atoms with E-state index < -0.39 is 0 Å². The Bertz CT molecular complexity index is 427. The second-order valence-corrected chi connectivity index (χ2v) is 4.71. The summed E-state index contributed by atoms with van der Waals surface area (Å²) in [6.07, 6.45) is 4.39. The third kappa shape index (κ3) is 2.31. The molecule has 0 aromatic heterocycles. The Morgan fingerprint density at radius 2 is 2.24 bits per heavy atom.